The second-order valence-corrected chi connectivity index (χ2v) is 8.76. The van der Waals surface area contributed by atoms with E-state index >= 15 is 0 Å². The number of hydrogen-bond acceptors (Lipinski definition) is 5. The van der Waals surface area contributed by atoms with Crippen LogP contribution in [0.4, 0.5) is 13.2 Å². The molecular weight excluding hydrogens is 441 g/mol. The molecule has 1 amide bonds. The first-order chi connectivity index (χ1) is 15.1. The van der Waals surface area contributed by atoms with Crippen LogP contribution in [0.3, 0.4) is 0 Å². The molecular formula is C23H27F3N2O3S. The number of benzene rings is 2. The Kier molecular flexibility index (Phi) is 7.42. The fraction of sp³-hybridized carbons (Fsp3) is 0.435. The van der Waals surface area contributed by atoms with Gasteiger partial charge in [-0.05, 0) is 31.0 Å². The van der Waals surface area contributed by atoms with Crippen LogP contribution in [0.25, 0.3) is 0 Å². The smallest absolute Gasteiger partial charge is 0.416 e. The molecule has 3 rings (SSSR count). The molecule has 174 valence electrons. The van der Waals surface area contributed by atoms with Crippen molar-refractivity contribution in [1.29, 1.82) is 0 Å². The Morgan fingerprint density at radius 2 is 1.91 bits per heavy atom. The Balaban J connectivity index is 2.07. The molecule has 1 saturated heterocycles. The quantitative estimate of drug-likeness (QED) is 0.637. The number of carbonyl (C=O) groups is 1. The van der Waals surface area contributed by atoms with Crippen LogP contribution in [0, 0.1) is 0 Å². The van der Waals surface area contributed by atoms with Gasteiger partial charge in [0.25, 0.3) is 5.91 Å². The van der Waals surface area contributed by atoms with E-state index in [4.69, 9.17) is 9.47 Å². The van der Waals surface area contributed by atoms with E-state index in [-0.39, 0.29) is 22.3 Å². The summed E-state index contributed by atoms with van der Waals surface area (Å²) in [5.41, 5.74) is -0.649. The molecule has 2 aromatic rings. The summed E-state index contributed by atoms with van der Waals surface area (Å²) in [6, 6.07) is 11.4. The highest BCUT2D eigenvalue weighted by molar-refractivity contribution is 7.98. The van der Waals surface area contributed by atoms with Crippen molar-refractivity contribution in [2.24, 2.45) is 0 Å². The standard InChI is InChI=1S/C23H27F3N2O3S/c1-28-13-17(30-2)12-22(14-28,15-8-6-5-7-9-15)27-21(29)20-18(31-3)10-16(23(24,25)26)11-19(20)32-4/h5-11,17H,12-14H2,1-4H3,(H,27,29). The lowest BCUT2D eigenvalue weighted by Crippen LogP contribution is -2.59. The number of hydrogen-bond donors (Lipinski definition) is 1. The zero-order chi connectivity index (χ0) is 23.5. The van der Waals surface area contributed by atoms with Crippen LogP contribution in [0.5, 0.6) is 5.75 Å². The van der Waals surface area contributed by atoms with Crippen LogP contribution in [-0.2, 0) is 16.5 Å². The van der Waals surface area contributed by atoms with E-state index in [0.717, 1.165) is 29.5 Å². The normalized spacial score (nSPS) is 21.9. The number of alkyl halides is 3. The number of amides is 1. The van der Waals surface area contributed by atoms with Gasteiger partial charge >= 0.3 is 6.18 Å². The van der Waals surface area contributed by atoms with Gasteiger partial charge in [0.15, 0.2) is 0 Å². The van der Waals surface area contributed by atoms with Gasteiger partial charge in [-0.1, -0.05) is 30.3 Å². The topological polar surface area (TPSA) is 50.8 Å². The van der Waals surface area contributed by atoms with Gasteiger partial charge in [0, 0.05) is 31.5 Å². The van der Waals surface area contributed by atoms with Gasteiger partial charge in [-0.25, -0.2) is 0 Å². The minimum Gasteiger partial charge on any atom is -0.496 e. The molecule has 2 atom stereocenters. The molecule has 2 aromatic carbocycles. The van der Waals surface area contributed by atoms with Crippen molar-refractivity contribution in [2.75, 3.05) is 40.6 Å². The lowest BCUT2D eigenvalue weighted by molar-refractivity contribution is -0.137. The van der Waals surface area contributed by atoms with Crippen LogP contribution < -0.4 is 10.1 Å². The maximum atomic E-state index is 13.6. The summed E-state index contributed by atoms with van der Waals surface area (Å²) in [7, 11) is 4.84. The first-order valence-electron chi connectivity index (χ1n) is 10.1. The Hall–Kier alpha value is -2.23. The van der Waals surface area contributed by atoms with Crippen LogP contribution in [0.2, 0.25) is 0 Å². The molecule has 1 N–H and O–H groups in total. The number of halogens is 3. The highest BCUT2D eigenvalue weighted by Crippen LogP contribution is 2.39. The molecule has 5 nitrogen and oxygen atoms in total. The van der Waals surface area contributed by atoms with Crippen molar-refractivity contribution in [3.8, 4) is 5.75 Å². The minimum absolute atomic E-state index is 0.0884. The van der Waals surface area contributed by atoms with E-state index < -0.39 is 23.2 Å². The maximum absolute atomic E-state index is 13.6. The summed E-state index contributed by atoms with van der Waals surface area (Å²) in [5, 5.41) is 3.13. The lowest BCUT2D eigenvalue weighted by Gasteiger charge is -2.45. The summed E-state index contributed by atoms with van der Waals surface area (Å²) in [6.45, 7) is 1.24. The molecule has 1 fully saturated rings. The van der Waals surface area contributed by atoms with Crippen molar-refractivity contribution < 1.29 is 27.4 Å². The number of piperidine rings is 1. The fourth-order valence-corrected chi connectivity index (χ4v) is 4.90. The van der Waals surface area contributed by atoms with Crippen LogP contribution >= 0.6 is 11.8 Å². The number of methoxy groups -OCH3 is 2. The molecule has 2 unspecified atom stereocenters. The number of likely N-dealkylation sites (tertiary alicyclic amines) is 1. The molecule has 0 bridgehead atoms. The summed E-state index contributed by atoms with van der Waals surface area (Å²) in [5.74, 6) is -0.605. The number of likely N-dealkylation sites (N-methyl/N-ethyl adjacent to an activating group) is 1. The van der Waals surface area contributed by atoms with Gasteiger partial charge < -0.3 is 19.7 Å². The number of carbonyl (C=O) groups excluding carboxylic acids is 1. The fourth-order valence-electron chi connectivity index (χ4n) is 4.26. The Morgan fingerprint density at radius 3 is 2.47 bits per heavy atom. The van der Waals surface area contributed by atoms with E-state index in [1.54, 1.807) is 13.4 Å². The second-order valence-electron chi connectivity index (χ2n) is 7.91. The summed E-state index contributed by atoms with van der Waals surface area (Å²) in [4.78, 5) is 15.8. The minimum atomic E-state index is -4.55. The van der Waals surface area contributed by atoms with Crippen molar-refractivity contribution >= 4 is 17.7 Å². The highest BCUT2D eigenvalue weighted by Gasteiger charge is 2.42. The predicted octanol–water partition coefficient (Wildman–Crippen LogP) is 4.41. The molecule has 0 radical (unpaired) electrons. The van der Waals surface area contributed by atoms with Crippen LogP contribution in [0.15, 0.2) is 47.4 Å². The van der Waals surface area contributed by atoms with E-state index in [1.165, 1.54) is 7.11 Å². The Morgan fingerprint density at radius 1 is 1.22 bits per heavy atom. The number of rotatable bonds is 6. The monoisotopic (exact) mass is 468 g/mol. The predicted molar refractivity (Wildman–Crippen MR) is 118 cm³/mol. The molecule has 32 heavy (non-hydrogen) atoms. The van der Waals surface area contributed by atoms with E-state index in [0.29, 0.717) is 19.5 Å². The van der Waals surface area contributed by atoms with E-state index in [1.807, 2.05) is 37.4 Å². The lowest BCUT2D eigenvalue weighted by atomic mass is 9.80. The third kappa shape index (κ3) is 5.05. The highest BCUT2D eigenvalue weighted by atomic mass is 32.2. The average molecular weight is 469 g/mol. The first-order valence-corrected chi connectivity index (χ1v) is 11.3. The van der Waals surface area contributed by atoms with Gasteiger partial charge in [-0.3, -0.25) is 4.79 Å². The molecule has 0 aliphatic carbocycles. The Bertz CT molecular complexity index is 930. The third-order valence-corrected chi connectivity index (χ3v) is 6.47. The molecule has 9 heteroatoms. The molecule has 1 aliphatic rings. The number of nitrogens with zero attached hydrogens (tertiary/aromatic N) is 1. The molecule has 1 heterocycles. The Labute approximate surface area is 190 Å². The van der Waals surface area contributed by atoms with Gasteiger partial charge in [0.05, 0.1) is 29.9 Å². The third-order valence-electron chi connectivity index (χ3n) is 5.70. The van der Waals surface area contributed by atoms with Gasteiger partial charge in [0.1, 0.15) is 5.75 Å². The van der Waals surface area contributed by atoms with Crippen molar-refractivity contribution in [1.82, 2.24) is 10.2 Å². The molecule has 0 saturated carbocycles. The summed E-state index contributed by atoms with van der Waals surface area (Å²) < 4.78 is 50.9. The zero-order valence-corrected chi connectivity index (χ0v) is 19.3. The van der Waals surface area contributed by atoms with E-state index in [2.05, 4.69) is 10.2 Å². The van der Waals surface area contributed by atoms with Crippen molar-refractivity contribution in [3.63, 3.8) is 0 Å². The average Bonchev–Trinajstić information content (AvgIpc) is 2.77. The van der Waals surface area contributed by atoms with Gasteiger partial charge in [-0.15, -0.1) is 11.8 Å². The maximum Gasteiger partial charge on any atom is 0.416 e. The number of thioether (sulfide) groups is 1. The second kappa shape index (κ2) is 9.72. The summed E-state index contributed by atoms with van der Waals surface area (Å²) in [6.07, 6.45) is -2.51. The van der Waals surface area contributed by atoms with E-state index in [9.17, 15) is 18.0 Å². The van der Waals surface area contributed by atoms with Crippen molar-refractivity contribution in [3.05, 3.63) is 59.2 Å². The van der Waals surface area contributed by atoms with Gasteiger partial charge in [-0.2, -0.15) is 13.2 Å². The zero-order valence-electron chi connectivity index (χ0n) is 18.5. The largest absolute Gasteiger partial charge is 0.496 e. The summed E-state index contributed by atoms with van der Waals surface area (Å²) >= 11 is 1.07. The van der Waals surface area contributed by atoms with Crippen molar-refractivity contribution in [2.45, 2.75) is 29.1 Å². The molecule has 0 spiro atoms. The SMILES string of the molecule is COc1cc(C(F)(F)F)cc(SC)c1C(=O)NC1(c2ccccc2)CC(OC)CN(C)C1. The van der Waals surface area contributed by atoms with Gasteiger partial charge in [0.2, 0.25) is 0 Å². The van der Waals surface area contributed by atoms with Crippen LogP contribution in [-0.4, -0.2) is 57.5 Å². The molecule has 0 aromatic heterocycles. The molecule has 1 aliphatic heterocycles. The first kappa shape index (κ1) is 24.4. The van der Waals surface area contributed by atoms with Crippen LogP contribution in [0.1, 0.15) is 27.9 Å². The number of nitrogens with one attached hydrogen (secondary N) is 1. The number of ether oxygens (including phenoxy) is 2.